The van der Waals surface area contributed by atoms with Crippen LogP contribution < -0.4 is 10.0 Å². The number of hydrogen-bond acceptors (Lipinski definition) is 3. The Labute approximate surface area is 113 Å². The third-order valence-corrected chi connectivity index (χ3v) is 4.75. The van der Waals surface area contributed by atoms with Crippen LogP contribution >= 0.6 is 11.6 Å². The van der Waals surface area contributed by atoms with Gasteiger partial charge in [0.2, 0.25) is 10.0 Å². The zero-order valence-electron chi connectivity index (χ0n) is 10.0. The van der Waals surface area contributed by atoms with Gasteiger partial charge in [-0.3, -0.25) is 0 Å². The summed E-state index contributed by atoms with van der Waals surface area (Å²) in [5.41, 5.74) is 0. The maximum absolute atomic E-state index is 12.0. The molecule has 0 unspecified atom stereocenters. The number of benzene rings is 1. The van der Waals surface area contributed by atoms with Crippen molar-refractivity contribution in [2.75, 3.05) is 13.1 Å². The molecule has 0 bridgehead atoms. The van der Waals surface area contributed by atoms with Crippen molar-refractivity contribution in [3.8, 4) is 0 Å². The van der Waals surface area contributed by atoms with Crippen LogP contribution in [0.2, 0.25) is 5.02 Å². The van der Waals surface area contributed by atoms with Crippen molar-refractivity contribution in [2.24, 2.45) is 0 Å². The van der Waals surface area contributed by atoms with E-state index in [2.05, 4.69) is 10.0 Å². The summed E-state index contributed by atoms with van der Waals surface area (Å²) in [5, 5.41) is 3.76. The maximum atomic E-state index is 12.0. The second kappa shape index (κ2) is 6.02. The van der Waals surface area contributed by atoms with Crippen molar-refractivity contribution in [3.05, 3.63) is 29.3 Å². The van der Waals surface area contributed by atoms with Crippen LogP contribution in [0.1, 0.15) is 19.3 Å². The molecule has 100 valence electrons. The predicted octanol–water partition coefficient (Wildman–Crippen LogP) is 1.76. The van der Waals surface area contributed by atoms with Crippen molar-refractivity contribution in [2.45, 2.75) is 30.2 Å². The molecule has 1 aliphatic rings. The summed E-state index contributed by atoms with van der Waals surface area (Å²) in [6, 6.07) is 6.73. The van der Waals surface area contributed by atoms with Crippen LogP contribution in [0.25, 0.3) is 0 Å². The minimum Gasteiger partial charge on any atom is -0.314 e. The molecule has 1 heterocycles. The molecular formula is C12H17ClN2O2S. The van der Waals surface area contributed by atoms with Crippen LogP contribution in [-0.4, -0.2) is 27.5 Å². The number of hydrogen-bond donors (Lipinski definition) is 2. The fraction of sp³-hybridized carbons (Fsp3) is 0.500. The molecule has 1 atom stereocenters. The molecule has 1 saturated heterocycles. The van der Waals surface area contributed by atoms with E-state index in [9.17, 15) is 8.42 Å². The second-order valence-corrected chi connectivity index (χ2v) is 6.64. The minimum absolute atomic E-state index is 0.217. The highest BCUT2D eigenvalue weighted by Gasteiger charge is 2.17. The van der Waals surface area contributed by atoms with Gasteiger partial charge in [0, 0.05) is 17.6 Å². The van der Waals surface area contributed by atoms with E-state index in [1.807, 2.05) is 0 Å². The highest BCUT2D eigenvalue weighted by Crippen LogP contribution is 2.15. The molecule has 0 aromatic heterocycles. The van der Waals surface area contributed by atoms with E-state index in [4.69, 9.17) is 11.6 Å². The van der Waals surface area contributed by atoms with Crippen LogP contribution in [0.5, 0.6) is 0 Å². The molecule has 0 amide bonds. The molecule has 0 spiro atoms. The fourth-order valence-corrected chi connectivity index (χ4v) is 3.44. The molecule has 6 heteroatoms. The Bertz CT molecular complexity index is 499. The average molecular weight is 289 g/mol. The Morgan fingerprint density at radius 1 is 1.44 bits per heavy atom. The zero-order valence-corrected chi connectivity index (χ0v) is 11.6. The summed E-state index contributed by atoms with van der Waals surface area (Å²) in [6.07, 6.45) is 3.12. The molecule has 18 heavy (non-hydrogen) atoms. The van der Waals surface area contributed by atoms with E-state index in [1.165, 1.54) is 12.5 Å². The van der Waals surface area contributed by atoms with Gasteiger partial charge in [-0.2, -0.15) is 0 Å². The van der Waals surface area contributed by atoms with Gasteiger partial charge in [0.25, 0.3) is 0 Å². The molecule has 1 aliphatic heterocycles. The lowest BCUT2D eigenvalue weighted by Crippen LogP contribution is -2.30. The highest BCUT2D eigenvalue weighted by molar-refractivity contribution is 7.89. The Morgan fingerprint density at radius 2 is 2.28 bits per heavy atom. The molecule has 2 rings (SSSR count). The van der Waals surface area contributed by atoms with Gasteiger partial charge in [0.1, 0.15) is 0 Å². The summed E-state index contributed by atoms with van der Waals surface area (Å²) >= 11 is 5.79. The maximum Gasteiger partial charge on any atom is 0.240 e. The number of rotatable bonds is 5. The highest BCUT2D eigenvalue weighted by atomic mass is 35.5. The van der Waals surface area contributed by atoms with Crippen molar-refractivity contribution in [3.63, 3.8) is 0 Å². The van der Waals surface area contributed by atoms with Crippen molar-refractivity contribution in [1.82, 2.24) is 10.0 Å². The summed E-state index contributed by atoms with van der Waals surface area (Å²) in [6.45, 7) is 1.48. The van der Waals surface area contributed by atoms with E-state index in [0.29, 0.717) is 17.6 Å². The number of sulfonamides is 1. The van der Waals surface area contributed by atoms with Crippen molar-refractivity contribution < 1.29 is 8.42 Å². The van der Waals surface area contributed by atoms with E-state index >= 15 is 0 Å². The molecule has 1 fully saturated rings. The van der Waals surface area contributed by atoms with E-state index < -0.39 is 10.0 Å². The third kappa shape index (κ3) is 3.68. The van der Waals surface area contributed by atoms with Gasteiger partial charge in [-0.1, -0.05) is 17.7 Å². The molecule has 0 saturated carbocycles. The normalized spacial score (nSPS) is 20.2. The first kappa shape index (κ1) is 13.8. The quantitative estimate of drug-likeness (QED) is 0.868. The van der Waals surface area contributed by atoms with E-state index in [1.54, 1.807) is 18.2 Å². The monoisotopic (exact) mass is 288 g/mol. The smallest absolute Gasteiger partial charge is 0.240 e. The van der Waals surface area contributed by atoms with Gasteiger partial charge in [0.15, 0.2) is 0 Å². The summed E-state index contributed by atoms with van der Waals surface area (Å²) < 4.78 is 26.5. The molecule has 2 N–H and O–H groups in total. The first-order valence-corrected chi connectivity index (χ1v) is 7.93. The van der Waals surface area contributed by atoms with Gasteiger partial charge < -0.3 is 5.32 Å². The topological polar surface area (TPSA) is 58.2 Å². The first-order valence-electron chi connectivity index (χ1n) is 6.06. The number of nitrogens with one attached hydrogen (secondary N) is 2. The standard InChI is InChI=1S/C12H17ClN2O2S/c13-10-3-1-5-12(9-10)18(16,17)15-8-6-11-4-2-7-14-11/h1,3,5,9,11,14-15H,2,4,6-8H2/t11-/m1/s1. The SMILES string of the molecule is O=S(=O)(NCC[C@H]1CCCN1)c1cccc(Cl)c1. The van der Waals surface area contributed by atoms with Crippen LogP contribution in [0, 0.1) is 0 Å². The lowest BCUT2D eigenvalue weighted by atomic mass is 10.2. The van der Waals surface area contributed by atoms with Gasteiger partial charge in [0.05, 0.1) is 4.90 Å². The summed E-state index contributed by atoms with van der Waals surface area (Å²) in [4.78, 5) is 0.217. The molecule has 4 nitrogen and oxygen atoms in total. The van der Waals surface area contributed by atoms with Crippen LogP contribution in [0.4, 0.5) is 0 Å². The first-order chi connectivity index (χ1) is 8.58. The largest absolute Gasteiger partial charge is 0.314 e. The van der Waals surface area contributed by atoms with Crippen molar-refractivity contribution in [1.29, 1.82) is 0 Å². The van der Waals surface area contributed by atoms with E-state index in [-0.39, 0.29) is 4.90 Å². The Morgan fingerprint density at radius 3 is 2.94 bits per heavy atom. The lowest BCUT2D eigenvalue weighted by Gasteiger charge is -2.11. The lowest BCUT2D eigenvalue weighted by molar-refractivity contribution is 0.539. The van der Waals surface area contributed by atoms with Gasteiger partial charge >= 0.3 is 0 Å². The Balaban J connectivity index is 1.90. The second-order valence-electron chi connectivity index (χ2n) is 4.44. The Kier molecular flexibility index (Phi) is 4.61. The zero-order chi connectivity index (χ0) is 13.0. The minimum atomic E-state index is -3.44. The van der Waals surface area contributed by atoms with Crippen molar-refractivity contribution >= 4 is 21.6 Å². The summed E-state index contributed by atoms with van der Waals surface area (Å²) in [7, 11) is -3.44. The molecule has 0 radical (unpaired) electrons. The van der Waals surface area contributed by atoms with E-state index in [0.717, 1.165) is 19.4 Å². The third-order valence-electron chi connectivity index (χ3n) is 3.05. The van der Waals surface area contributed by atoms with Crippen LogP contribution in [0.15, 0.2) is 29.2 Å². The van der Waals surface area contributed by atoms with Crippen LogP contribution in [0.3, 0.4) is 0 Å². The van der Waals surface area contributed by atoms with Gasteiger partial charge in [-0.15, -0.1) is 0 Å². The molecular weight excluding hydrogens is 272 g/mol. The van der Waals surface area contributed by atoms with Gasteiger partial charge in [-0.05, 0) is 44.0 Å². The van der Waals surface area contributed by atoms with Crippen LogP contribution in [-0.2, 0) is 10.0 Å². The summed E-state index contributed by atoms with van der Waals surface area (Å²) in [5.74, 6) is 0. The molecule has 1 aromatic rings. The average Bonchev–Trinajstić information content (AvgIpc) is 2.82. The molecule has 1 aromatic carbocycles. The molecule has 0 aliphatic carbocycles. The van der Waals surface area contributed by atoms with Gasteiger partial charge in [-0.25, -0.2) is 13.1 Å². The fourth-order valence-electron chi connectivity index (χ4n) is 2.09. The Hall–Kier alpha value is -0.620. The number of halogens is 1. The predicted molar refractivity (Wildman–Crippen MR) is 72.3 cm³/mol.